The van der Waals surface area contributed by atoms with E-state index in [0.717, 1.165) is 17.7 Å². The number of hydrogen-bond donors (Lipinski definition) is 1. The van der Waals surface area contributed by atoms with E-state index in [0.29, 0.717) is 0 Å². The molecule has 2 N–H and O–H groups in total. The summed E-state index contributed by atoms with van der Waals surface area (Å²) >= 11 is 2.38. The van der Waals surface area contributed by atoms with Crippen molar-refractivity contribution in [3.05, 3.63) is 62.2 Å². The number of hydrogen-bond acceptors (Lipinski definition) is 2. The van der Waals surface area contributed by atoms with Crippen LogP contribution >= 0.6 is 22.6 Å². The minimum absolute atomic E-state index is 0.0805. The Bertz CT molecular complexity index is 653. The van der Waals surface area contributed by atoms with Crippen molar-refractivity contribution in [3.63, 3.8) is 0 Å². The topological polar surface area (TPSA) is 35.2 Å². The summed E-state index contributed by atoms with van der Waals surface area (Å²) in [7, 11) is 0. The molecule has 2 aromatic carbocycles. The fourth-order valence-corrected chi connectivity index (χ4v) is 3.42. The maximum absolute atomic E-state index is 6.47. The van der Waals surface area contributed by atoms with E-state index in [9.17, 15) is 0 Å². The predicted molar refractivity (Wildman–Crippen MR) is 90.2 cm³/mol. The van der Waals surface area contributed by atoms with Crippen molar-refractivity contribution in [2.24, 2.45) is 5.73 Å². The second kappa shape index (κ2) is 5.37. The quantitative estimate of drug-likeness (QED) is 0.802. The van der Waals surface area contributed by atoms with Gasteiger partial charge in [0.05, 0.1) is 6.04 Å². The monoisotopic (exact) mass is 379 g/mol. The van der Waals surface area contributed by atoms with E-state index in [-0.39, 0.29) is 12.1 Å². The fourth-order valence-electron chi connectivity index (χ4n) is 2.73. The maximum Gasteiger partial charge on any atom is 0.123 e. The third kappa shape index (κ3) is 2.44. The van der Waals surface area contributed by atoms with E-state index in [1.807, 2.05) is 0 Å². The van der Waals surface area contributed by atoms with E-state index in [2.05, 4.69) is 72.8 Å². The molecule has 0 amide bonds. The van der Waals surface area contributed by atoms with Crippen molar-refractivity contribution in [2.75, 3.05) is 0 Å². The lowest BCUT2D eigenvalue weighted by Crippen LogP contribution is -2.14. The summed E-state index contributed by atoms with van der Waals surface area (Å²) in [4.78, 5) is 0. The van der Waals surface area contributed by atoms with Crippen molar-refractivity contribution in [1.82, 2.24) is 0 Å². The second-order valence-electron chi connectivity index (χ2n) is 5.46. The van der Waals surface area contributed by atoms with Crippen LogP contribution in [0.25, 0.3) is 0 Å². The molecule has 2 aromatic rings. The number of aryl methyl sites for hydroxylation is 1. The van der Waals surface area contributed by atoms with Gasteiger partial charge in [-0.3, -0.25) is 0 Å². The van der Waals surface area contributed by atoms with E-state index < -0.39 is 0 Å². The highest BCUT2D eigenvalue weighted by molar-refractivity contribution is 14.1. The van der Waals surface area contributed by atoms with Crippen LogP contribution in [0.3, 0.4) is 0 Å². The van der Waals surface area contributed by atoms with E-state index in [4.69, 9.17) is 10.5 Å². The van der Waals surface area contributed by atoms with Crippen LogP contribution in [-0.2, 0) is 6.42 Å². The van der Waals surface area contributed by atoms with Crippen LogP contribution in [0.2, 0.25) is 0 Å². The molecule has 0 saturated heterocycles. The molecule has 1 heterocycles. The highest BCUT2D eigenvalue weighted by atomic mass is 127. The summed E-state index contributed by atoms with van der Waals surface area (Å²) in [6, 6.07) is 12.6. The number of nitrogens with two attached hydrogens (primary N) is 1. The third-order valence-electron chi connectivity index (χ3n) is 3.84. The smallest absolute Gasteiger partial charge is 0.123 e. The summed E-state index contributed by atoms with van der Waals surface area (Å²) < 4.78 is 7.00. The average molecular weight is 379 g/mol. The van der Waals surface area contributed by atoms with Crippen LogP contribution in [0.4, 0.5) is 0 Å². The van der Waals surface area contributed by atoms with Gasteiger partial charge in [-0.05, 0) is 64.8 Å². The van der Waals surface area contributed by atoms with Crippen molar-refractivity contribution in [2.45, 2.75) is 32.4 Å². The Morgan fingerprint density at radius 2 is 2.10 bits per heavy atom. The molecule has 0 bridgehead atoms. The summed E-state index contributed by atoms with van der Waals surface area (Å²) in [5.74, 6) is 1.01. The first-order chi connectivity index (χ1) is 9.56. The minimum atomic E-state index is -0.0805. The molecule has 3 rings (SSSR count). The molecule has 20 heavy (non-hydrogen) atoms. The Hall–Kier alpha value is -1.07. The number of benzene rings is 2. The normalized spacial score (nSPS) is 18.5. The second-order valence-corrected chi connectivity index (χ2v) is 6.53. The van der Waals surface area contributed by atoms with Crippen LogP contribution in [0.1, 0.15) is 35.2 Å². The Kier molecular flexibility index (Phi) is 3.73. The van der Waals surface area contributed by atoms with Crippen LogP contribution < -0.4 is 10.5 Å². The van der Waals surface area contributed by atoms with Gasteiger partial charge in [0.2, 0.25) is 0 Å². The Balaban J connectivity index is 1.97. The molecule has 1 aliphatic rings. The molecule has 0 spiro atoms. The molecule has 0 aliphatic carbocycles. The first-order valence-electron chi connectivity index (χ1n) is 6.86. The zero-order valence-corrected chi connectivity index (χ0v) is 13.8. The largest absolute Gasteiger partial charge is 0.490 e. The summed E-state index contributed by atoms with van der Waals surface area (Å²) in [6.45, 7) is 4.22. The molecular formula is C17H18INO. The average Bonchev–Trinajstić information content (AvgIpc) is 2.80. The molecule has 0 fully saturated rings. The van der Waals surface area contributed by atoms with Crippen LogP contribution in [0, 0.1) is 10.5 Å². The van der Waals surface area contributed by atoms with Gasteiger partial charge in [-0.25, -0.2) is 0 Å². The molecule has 2 atom stereocenters. The van der Waals surface area contributed by atoms with Crippen molar-refractivity contribution in [1.29, 1.82) is 0 Å². The molecular weight excluding hydrogens is 361 g/mol. The van der Waals surface area contributed by atoms with Gasteiger partial charge >= 0.3 is 0 Å². The third-order valence-corrected chi connectivity index (χ3v) is 5.31. The van der Waals surface area contributed by atoms with Gasteiger partial charge in [-0.1, -0.05) is 30.3 Å². The Morgan fingerprint density at radius 3 is 2.90 bits per heavy atom. The number of halogens is 1. The summed E-state index contributed by atoms with van der Waals surface area (Å²) in [5.41, 5.74) is 11.4. The van der Waals surface area contributed by atoms with Crippen molar-refractivity contribution in [3.8, 4) is 5.75 Å². The van der Waals surface area contributed by atoms with Gasteiger partial charge in [0.15, 0.2) is 0 Å². The first-order valence-corrected chi connectivity index (χ1v) is 7.94. The highest BCUT2D eigenvalue weighted by Gasteiger charge is 2.21. The van der Waals surface area contributed by atoms with Crippen LogP contribution in [0.15, 0.2) is 36.4 Å². The Labute approximate surface area is 133 Å². The number of rotatable bonds is 2. The molecule has 104 valence electrons. The fraction of sp³-hybridized carbons (Fsp3) is 0.294. The van der Waals surface area contributed by atoms with Gasteiger partial charge < -0.3 is 10.5 Å². The summed E-state index contributed by atoms with van der Waals surface area (Å²) in [6.07, 6.45) is 1.25. The zero-order valence-electron chi connectivity index (χ0n) is 11.7. The summed E-state index contributed by atoms with van der Waals surface area (Å²) in [5, 5.41) is 0. The molecule has 2 nitrogen and oxygen atoms in total. The SMILES string of the molecule is Cc1cccc(C(N)c2ccc3c(c2)CC(C)O3)c1I. The minimum Gasteiger partial charge on any atom is -0.490 e. The Morgan fingerprint density at radius 1 is 1.30 bits per heavy atom. The molecule has 2 unspecified atom stereocenters. The molecule has 0 aromatic heterocycles. The number of fused-ring (bicyclic) bond motifs is 1. The van der Waals surface area contributed by atoms with Gasteiger partial charge in [-0.2, -0.15) is 0 Å². The predicted octanol–water partition coefficient (Wildman–Crippen LogP) is 3.97. The van der Waals surface area contributed by atoms with Crippen LogP contribution in [0.5, 0.6) is 5.75 Å². The van der Waals surface area contributed by atoms with Gasteiger partial charge in [0.25, 0.3) is 0 Å². The molecule has 1 aliphatic heterocycles. The molecule has 0 radical (unpaired) electrons. The first kappa shape index (κ1) is 13.9. The molecule has 0 saturated carbocycles. The van der Waals surface area contributed by atoms with Gasteiger partial charge in [-0.15, -0.1) is 0 Å². The van der Waals surface area contributed by atoms with Crippen molar-refractivity contribution >= 4 is 22.6 Å². The standard InChI is InChI=1S/C17H18INO/c1-10-4-3-5-14(16(10)18)17(19)12-6-7-15-13(9-12)8-11(2)20-15/h3-7,9,11,17H,8,19H2,1-2H3. The zero-order chi connectivity index (χ0) is 14.3. The lowest BCUT2D eigenvalue weighted by Gasteiger charge is -2.16. The molecule has 3 heteroatoms. The van der Waals surface area contributed by atoms with E-state index in [1.165, 1.54) is 20.3 Å². The highest BCUT2D eigenvalue weighted by Crippen LogP contribution is 2.33. The lowest BCUT2D eigenvalue weighted by atomic mass is 9.96. The number of ether oxygens (including phenoxy) is 1. The van der Waals surface area contributed by atoms with Gasteiger partial charge in [0.1, 0.15) is 11.9 Å². The van der Waals surface area contributed by atoms with E-state index in [1.54, 1.807) is 0 Å². The lowest BCUT2D eigenvalue weighted by molar-refractivity contribution is 0.254. The van der Waals surface area contributed by atoms with E-state index >= 15 is 0 Å². The van der Waals surface area contributed by atoms with Crippen LogP contribution in [-0.4, -0.2) is 6.10 Å². The maximum atomic E-state index is 6.47. The van der Waals surface area contributed by atoms with Crippen molar-refractivity contribution < 1.29 is 4.74 Å². The van der Waals surface area contributed by atoms with Gasteiger partial charge in [0, 0.05) is 9.99 Å².